The second-order valence-corrected chi connectivity index (χ2v) is 6.49. The van der Waals surface area contributed by atoms with Crippen molar-refractivity contribution in [1.82, 2.24) is 4.57 Å². The summed E-state index contributed by atoms with van der Waals surface area (Å²) in [6.45, 7) is 0. The Morgan fingerprint density at radius 2 is 1.73 bits per heavy atom. The first-order chi connectivity index (χ1) is 10.6. The molecule has 110 valence electrons. The van der Waals surface area contributed by atoms with Crippen LogP contribution in [0.2, 0.25) is 0 Å². The van der Waals surface area contributed by atoms with Crippen molar-refractivity contribution in [1.29, 1.82) is 0 Å². The summed E-state index contributed by atoms with van der Waals surface area (Å²) in [7, 11) is 0. The fraction of sp³-hybridized carbons (Fsp3) is 0. The van der Waals surface area contributed by atoms with Crippen molar-refractivity contribution in [2.45, 2.75) is 0 Å². The summed E-state index contributed by atoms with van der Waals surface area (Å²) in [4.78, 5) is 12.4. The van der Waals surface area contributed by atoms with E-state index in [1.165, 1.54) is 0 Å². The number of anilines is 1. The van der Waals surface area contributed by atoms with Crippen LogP contribution in [0.5, 0.6) is 0 Å². The summed E-state index contributed by atoms with van der Waals surface area (Å²) in [5, 5.41) is 2.91. The highest BCUT2D eigenvalue weighted by Crippen LogP contribution is 2.26. The molecule has 0 radical (unpaired) electrons. The average molecular weight is 420 g/mol. The fourth-order valence-corrected chi connectivity index (χ4v) is 3.25. The van der Waals surface area contributed by atoms with E-state index in [-0.39, 0.29) is 5.91 Å². The number of rotatable bonds is 3. The van der Waals surface area contributed by atoms with Gasteiger partial charge in [0.05, 0.1) is 5.69 Å². The minimum atomic E-state index is -0.142. The van der Waals surface area contributed by atoms with Crippen LogP contribution >= 0.6 is 31.9 Å². The Morgan fingerprint density at radius 1 is 0.955 bits per heavy atom. The van der Waals surface area contributed by atoms with Gasteiger partial charge in [0.15, 0.2) is 0 Å². The lowest BCUT2D eigenvalue weighted by Gasteiger charge is -2.09. The molecule has 22 heavy (non-hydrogen) atoms. The van der Waals surface area contributed by atoms with E-state index in [1.54, 1.807) is 6.07 Å². The average Bonchev–Trinajstić information content (AvgIpc) is 3.04. The standard InChI is InChI=1S/C17H12Br2N2O/c18-13-6-7-16(15(19)11-13)20-17(22)12-4-3-5-14(10-12)21-8-1-2-9-21/h1-11H,(H,20,22). The Morgan fingerprint density at radius 3 is 2.45 bits per heavy atom. The van der Waals surface area contributed by atoms with Gasteiger partial charge in [-0.05, 0) is 64.5 Å². The molecule has 3 rings (SSSR count). The summed E-state index contributed by atoms with van der Waals surface area (Å²) in [6, 6.07) is 17.0. The molecule has 2 aromatic carbocycles. The van der Waals surface area contributed by atoms with E-state index in [4.69, 9.17) is 0 Å². The maximum atomic E-state index is 12.4. The normalized spacial score (nSPS) is 10.5. The van der Waals surface area contributed by atoms with Crippen molar-refractivity contribution >= 4 is 43.5 Å². The highest BCUT2D eigenvalue weighted by molar-refractivity contribution is 9.11. The molecule has 1 amide bonds. The molecule has 0 aliphatic rings. The molecule has 0 aliphatic heterocycles. The van der Waals surface area contributed by atoms with Crippen LogP contribution in [-0.4, -0.2) is 10.5 Å². The predicted molar refractivity (Wildman–Crippen MR) is 95.6 cm³/mol. The van der Waals surface area contributed by atoms with Gasteiger partial charge < -0.3 is 9.88 Å². The molecule has 1 aromatic heterocycles. The zero-order valence-electron chi connectivity index (χ0n) is 11.5. The lowest BCUT2D eigenvalue weighted by molar-refractivity contribution is 0.102. The highest BCUT2D eigenvalue weighted by atomic mass is 79.9. The Hall–Kier alpha value is -1.85. The van der Waals surface area contributed by atoms with Crippen LogP contribution in [-0.2, 0) is 0 Å². The number of carbonyl (C=O) groups is 1. The molecular weight excluding hydrogens is 408 g/mol. The molecule has 0 unspecified atom stereocenters. The largest absolute Gasteiger partial charge is 0.324 e. The molecule has 1 N–H and O–H groups in total. The SMILES string of the molecule is O=C(Nc1ccc(Br)cc1Br)c1cccc(-n2cccc2)c1. The monoisotopic (exact) mass is 418 g/mol. The van der Waals surface area contributed by atoms with E-state index >= 15 is 0 Å². The zero-order valence-corrected chi connectivity index (χ0v) is 14.6. The molecule has 0 spiro atoms. The van der Waals surface area contributed by atoms with Crippen LogP contribution in [0.15, 0.2) is 75.9 Å². The maximum Gasteiger partial charge on any atom is 0.255 e. The van der Waals surface area contributed by atoms with Gasteiger partial charge in [-0.15, -0.1) is 0 Å². The molecule has 0 saturated heterocycles. The van der Waals surface area contributed by atoms with E-state index in [2.05, 4.69) is 37.2 Å². The third kappa shape index (κ3) is 3.31. The summed E-state index contributed by atoms with van der Waals surface area (Å²) < 4.78 is 3.75. The van der Waals surface area contributed by atoms with Crippen LogP contribution in [0.4, 0.5) is 5.69 Å². The summed E-state index contributed by atoms with van der Waals surface area (Å²) in [6.07, 6.45) is 3.89. The topological polar surface area (TPSA) is 34.0 Å². The Kier molecular flexibility index (Phi) is 4.45. The number of hydrogen-bond acceptors (Lipinski definition) is 1. The first-order valence-electron chi connectivity index (χ1n) is 6.63. The molecule has 3 aromatic rings. The maximum absolute atomic E-state index is 12.4. The van der Waals surface area contributed by atoms with Crippen molar-refractivity contribution in [2.75, 3.05) is 5.32 Å². The summed E-state index contributed by atoms with van der Waals surface area (Å²) >= 11 is 6.84. The molecule has 0 aliphatic carbocycles. The zero-order chi connectivity index (χ0) is 15.5. The predicted octanol–water partition coefficient (Wildman–Crippen LogP) is 5.25. The number of aromatic nitrogens is 1. The fourth-order valence-electron chi connectivity index (χ4n) is 2.10. The van der Waals surface area contributed by atoms with Crippen molar-refractivity contribution in [3.05, 3.63) is 81.5 Å². The van der Waals surface area contributed by atoms with Gasteiger partial charge in [0.1, 0.15) is 0 Å². The van der Waals surface area contributed by atoms with Crippen LogP contribution in [0.3, 0.4) is 0 Å². The molecule has 0 bridgehead atoms. The van der Waals surface area contributed by atoms with E-state index in [9.17, 15) is 4.79 Å². The number of carbonyl (C=O) groups excluding carboxylic acids is 1. The van der Waals surface area contributed by atoms with Crippen molar-refractivity contribution in [3.63, 3.8) is 0 Å². The number of nitrogens with one attached hydrogen (secondary N) is 1. The van der Waals surface area contributed by atoms with Gasteiger partial charge in [0, 0.05) is 32.6 Å². The quantitative estimate of drug-likeness (QED) is 0.617. The van der Waals surface area contributed by atoms with Crippen LogP contribution < -0.4 is 5.32 Å². The highest BCUT2D eigenvalue weighted by Gasteiger charge is 2.09. The minimum Gasteiger partial charge on any atom is -0.324 e. The van der Waals surface area contributed by atoms with Crippen molar-refractivity contribution in [3.8, 4) is 5.69 Å². The van der Waals surface area contributed by atoms with E-state index in [1.807, 2.05) is 65.5 Å². The first-order valence-corrected chi connectivity index (χ1v) is 8.22. The smallest absolute Gasteiger partial charge is 0.255 e. The molecule has 5 heteroatoms. The van der Waals surface area contributed by atoms with Gasteiger partial charge in [-0.25, -0.2) is 0 Å². The molecule has 1 heterocycles. The van der Waals surface area contributed by atoms with Gasteiger partial charge in [0.2, 0.25) is 0 Å². The second kappa shape index (κ2) is 6.50. The van der Waals surface area contributed by atoms with Gasteiger partial charge in [0.25, 0.3) is 5.91 Å². The van der Waals surface area contributed by atoms with E-state index in [0.717, 1.165) is 20.3 Å². The summed E-state index contributed by atoms with van der Waals surface area (Å²) in [5.41, 5.74) is 2.30. The third-order valence-electron chi connectivity index (χ3n) is 3.19. The molecule has 0 fully saturated rings. The number of benzene rings is 2. The van der Waals surface area contributed by atoms with Crippen LogP contribution in [0.25, 0.3) is 5.69 Å². The van der Waals surface area contributed by atoms with Gasteiger partial charge in [-0.2, -0.15) is 0 Å². The Labute approximate surface area is 145 Å². The van der Waals surface area contributed by atoms with Gasteiger partial charge in [-0.3, -0.25) is 4.79 Å². The number of nitrogens with zero attached hydrogens (tertiary/aromatic N) is 1. The van der Waals surface area contributed by atoms with Crippen molar-refractivity contribution < 1.29 is 4.79 Å². The van der Waals surface area contributed by atoms with Crippen molar-refractivity contribution in [2.24, 2.45) is 0 Å². The Bertz CT molecular complexity index is 813. The number of amides is 1. The first kappa shape index (κ1) is 15.1. The summed E-state index contributed by atoms with van der Waals surface area (Å²) in [5.74, 6) is -0.142. The molecule has 0 saturated carbocycles. The van der Waals surface area contributed by atoms with E-state index in [0.29, 0.717) is 5.56 Å². The number of hydrogen-bond donors (Lipinski definition) is 1. The van der Waals surface area contributed by atoms with Crippen LogP contribution in [0.1, 0.15) is 10.4 Å². The minimum absolute atomic E-state index is 0.142. The lowest BCUT2D eigenvalue weighted by Crippen LogP contribution is -2.12. The van der Waals surface area contributed by atoms with Gasteiger partial charge >= 0.3 is 0 Å². The Balaban J connectivity index is 1.85. The van der Waals surface area contributed by atoms with Crippen LogP contribution in [0, 0.1) is 0 Å². The third-order valence-corrected chi connectivity index (χ3v) is 4.34. The second-order valence-electron chi connectivity index (χ2n) is 4.72. The molecule has 0 atom stereocenters. The van der Waals surface area contributed by atoms with E-state index < -0.39 is 0 Å². The number of halogens is 2. The van der Waals surface area contributed by atoms with Gasteiger partial charge in [-0.1, -0.05) is 22.0 Å². The lowest BCUT2D eigenvalue weighted by atomic mass is 10.2. The molecular formula is C17H12Br2N2O. The molecule has 3 nitrogen and oxygen atoms in total.